The number of aryl methyl sites for hydroxylation is 1. The van der Waals surface area contributed by atoms with Crippen molar-refractivity contribution in [2.24, 2.45) is 5.92 Å². The summed E-state index contributed by atoms with van der Waals surface area (Å²) in [6.07, 6.45) is 3.87. The Kier molecular flexibility index (Phi) is 12.9. The second kappa shape index (κ2) is 18.0. The fraction of sp³-hybridized carbons (Fsp3) is 0.537. The van der Waals surface area contributed by atoms with E-state index in [1.807, 2.05) is 56.3 Å². The molecule has 0 spiro atoms. The Morgan fingerprint density at radius 3 is 2.23 bits per heavy atom. The number of ether oxygens (including phenoxy) is 1. The molecule has 7 atom stereocenters. The third kappa shape index (κ3) is 9.31. The number of carbonyl (C=O) groups is 7. The maximum atomic E-state index is 14.5. The van der Waals surface area contributed by atoms with Gasteiger partial charge in [-0.05, 0) is 81.0 Å². The minimum absolute atomic E-state index is 0.0454. The van der Waals surface area contributed by atoms with E-state index in [0.29, 0.717) is 50.8 Å². The van der Waals surface area contributed by atoms with Gasteiger partial charge in [0.15, 0.2) is 0 Å². The summed E-state index contributed by atoms with van der Waals surface area (Å²) < 4.78 is 5.75. The third-order valence-electron chi connectivity index (χ3n) is 11.2. The second-order valence-corrected chi connectivity index (χ2v) is 15.4. The number of piperidine rings is 1. The Morgan fingerprint density at radius 2 is 1.50 bits per heavy atom. The summed E-state index contributed by atoms with van der Waals surface area (Å²) in [5.74, 6) is -3.43. The van der Waals surface area contributed by atoms with Crippen molar-refractivity contribution in [2.75, 3.05) is 31.6 Å². The highest BCUT2D eigenvalue weighted by Crippen LogP contribution is 2.28. The summed E-state index contributed by atoms with van der Waals surface area (Å²) in [4.78, 5) is 102. The van der Waals surface area contributed by atoms with Gasteiger partial charge in [-0.1, -0.05) is 56.3 Å². The molecule has 4 heterocycles. The van der Waals surface area contributed by atoms with Gasteiger partial charge in [0.2, 0.25) is 29.5 Å². The number of hydrogen-bond donors (Lipinski definition) is 4. The molecule has 4 aliphatic heterocycles. The fourth-order valence-electron chi connectivity index (χ4n) is 8.20. The topological polar surface area (TPSA) is 187 Å². The quantitative estimate of drug-likeness (QED) is 0.309. The Hall–Kier alpha value is -5.47. The first-order valence-electron chi connectivity index (χ1n) is 19.8. The zero-order chi connectivity index (χ0) is 39.9. The van der Waals surface area contributed by atoms with E-state index in [4.69, 9.17) is 4.74 Å². The number of nitrogens with zero attached hydrogens (tertiary/aromatic N) is 3. The van der Waals surface area contributed by atoms with Gasteiger partial charge in [-0.25, -0.2) is 9.59 Å². The normalized spacial score (nSPS) is 26.7. The van der Waals surface area contributed by atoms with E-state index in [-0.39, 0.29) is 31.3 Å². The van der Waals surface area contributed by atoms with E-state index >= 15 is 0 Å². The Labute approximate surface area is 327 Å². The molecule has 4 saturated heterocycles. The predicted octanol–water partition coefficient (Wildman–Crippen LogP) is 2.14. The van der Waals surface area contributed by atoms with Crippen LogP contribution in [0.3, 0.4) is 0 Å². The largest absolute Gasteiger partial charge is 0.461 e. The van der Waals surface area contributed by atoms with E-state index < -0.39 is 78.5 Å². The van der Waals surface area contributed by atoms with Crippen molar-refractivity contribution in [1.82, 2.24) is 30.7 Å². The van der Waals surface area contributed by atoms with Gasteiger partial charge in [-0.2, -0.15) is 0 Å². The molecule has 4 fully saturated rings. The molecule has 7 amide bonds. The van der Waals surface area contributed by atoms with Crippen molar-refractivity contribution in [3.8, 4) is 0 Å². The van der Waals surface area contributed by atoms with Gasteiger partial charge >= 0.3 is 12.0 Å². The van der Waals surface area contributed by atoms with E-state index in [1.165, 1.54) is 14.7 Å². The summed E-state index contributed by atoms with van der Waals surface area (Å²) in [6, 6.07) is 9.50. The molecular formula is C41H53N7O8. The zero-order valence-electron chi connectivity index (χ0n) is 32.3. The van der Waals surface area contributed by atoms with E-state index in [9.17, 15) is 33.6 Å². The smallest absolute Gasteiger partial charge is 0.328 e. The van der Waals surface area contributed by atoms with Crippen molar-refractivity contribution in [1.29, 1.82) is 0 Å². The Balaban J connectivity index is 1.29. The number of esters is 1. The Bertz CT molecular complexity index is 1790. The van der Waals surface area contributed by atoms with Crippen LogP contribution in [0.15, 0.2) is 54.6 Å². The van der Waals surface area contributed by atoms with Crippen molar-refractivity contribution >= 4 is 47.2 Å². The summed E-state index contributed by atoms with van der Waals surface area (Å²) in [7, 11) is 0. The summed E-state index contributed by atoms with van der Waals surface area (Å²) in [5, 5.41) is 11.1. The maximum Gasteiger partial charge on any atom is 0.328 e. The van der Waals surface area contributed by atoms with Crippen molar-refractivity contribution in [2.45, 2.75) is 108 Å². The van der Waals surface area contributed by atoms with Crippen LogP contribution in [0.25, 0.3) is 0 Å². The highest BCUT2D eigenvalue weighted by molar-refractivity contribution is 5.98. The number of benzene rings is 2. The molecule has 15 heteroatoms. The first kappa shape index (κ1) is 40.2. The van der Waals surface area contributed by atoms with Crippen LogP contribution in [0, 0.1) is 5.92 Å². The molecule has 0 bridgehead atoms. The molecule has 4 N–H and O–H groups in total. The SMILES string of the molecule is CCc1ccc(NC(=O)N[C@@H](Cc2ccccc2)C(=O)N[C@H]2COC(=O)C3C[C@@H](C)CN3C(=O)[C@H](C)NC(=O)[C@@H]3CCCCN3C(=O)[C@@H]3CCCN3C2=O)cc1. The monoisotopic (exact) mass is 771 g/mol. The van der Waals surface area contributed by atoms with Gasteiger partial charge in [0, 0.05) is 31.7 Å². The number of urea groups is 1. The number of carbonyl (C=O) groups excluding carboxylic acids is 7. The molecule has 56 heavy (non-hydrogen) atoms. The lowest BCUT2D eigenvalue weighted by molar-refractivity contribution is -0.158. The van der Waals surface area contributed by atoms with E-state index in [1.54, 1.807) is 19.1 Å². The van der Waals surface area contributed by atoms with Gasteiger partial charge in [0.05, 0.1) is 0 Å². The molecule has 0 aliphatic carbocycles. The van der Waals surface area contributed by atoms with E-state index in [0.717, 1.165) is 17.5 Å². The molecule has 4 aliphatic rings. The second-order valence-electron chi connectivity index (χ2n) is 15.4. The first-order chi connectivity index (χ1) is 26.9. The lowest BCUT2D eigenvalue weighted by Crippen LogP contribution is -2.62. The van der Waals surface area contributed by atoms with Crippen LogP contribution in [0.2, 0.25) is 0 Å². The molecule has 0 saturated carbocycles. The number of anilines is 1. The molecule has 300 valence electrons. The number of rotatable bonds is 7. The van der Waals surface area contributed by atoms with Gasteiger partial charge in [0.1, 0.15) is 42.9 Å². The number of hydrogen-bond acceptors (Lipinski definition) is 8. The highest BCUT2D eigenvalue weighted by atomic mass is 16.5. The standard InChI is InChI=1S/C41H53N7O8/c1-4-27-15-17-29(18-16-27)43-41(55)45-30(22-28-11-6-5-7-12-28)35(49)44-31-24-56-40(54)34-21-25(2)23-48(34)37(51)26(3)42-36(50)32-13-8-9-19-46(32)39(53)33-14-10-20-47(33)38(31)52/h5-7,11-12,15-18,25-26,30-34H,4,8-10,13-14,19-24H2,1-3H3,(H,42,50)(H,44,49)(H2,43,45,55)/t25-,26+,30+,31+,32+,33+,34?/m1/s1. The fourth-order valence-corrected chi connectivity index (χ4v) is 8.20. The lowest BCUT2D eigenvalue weighted by atomic mass is 9.99. The Morgan fingerprint density at radius 1 is 0.804 bits per heavy atom. The van der Waals surface area contributed by atoms with Gasteiger partial charge in [-0.15, -0.1) is 0 Å². The molecule has 2 aromatic carbocycles. The van der Waals surface area contributed by atoms with Crippen LogP contribution < -0.4 is 21.3 Å². The van der Waals surface area contributed by atoms with Crippen LogP contribution in [0.1, 0.15) is 70.4 Å². The van der Waals surface area contributed by atoms with Crippen LogP contribution in [0.5, 0.6) is 0 Å². The maximum absolute atomic E-state index is 14.5. The minimum Gasteiger partial charge on any atom is -0.461 e. The van der Waals surface area contributed by atoms with Crippen molar-refractivity contribution in [3.05, 3.63) is 65.7 Å². The van der Waals surface area contributed by atoms with Crippen molar-refractivity contribution in [3.63, 3.8) is 0 Å². The number of fused-ring (bicyclic) bond motifs is 3. The van der Waals surface area contributed by atoms with Gasteiger partial charge < -0.3 is 40.7 Å². The first-order valence-corrected chi connectivity index (χ1v) is 19.8. The van der Waals surface area contributed by atoms with Crippen LogP contribution >= 0.6 is 0 Å². The summed E-state index contributed by atoms with van der Waals surface area (Å²) in [6.45, 7) is 5.72. The van der Waals surface area contributed by atoms with E-state index in [2.05, 4.69) is 21.3 Å². The summed E-state index contributed by atoms with van der Waals surface area (Å²) in [5.41, 5.74) is 2.37. The molecule has 2 aromatic rings. The third-order valence-corrected chi connectivity index (χ3v) is 11.2. The molecule has 6 rings (SSSR count). The minimum atomic E-state index is -1.43. The van der Waals surface area contributed by atoms with Crippen LogP contribution in [-0.2, 0) is 46.3 Å². The lowest BCUT2D eigenvalue weighted by Gasteiger charge is -2.39. The molecule has 15 nitrogen and oxygen atoms in total. The van der Waals surface area contributed by atoms with Crippen molar-refractivity contribution < 1.29 is 38.3 Å². The number of amides is 7. The molecular weight excluding hydrogens is 718 g/mol. The average molecular weight is 772 g/mol. The molecule has 0 radical (unpaired) electrons. The molecule has 1 unspecified atom stereocenters. The van der Waals surface area contributed by atoms with Crippen LogP contribution in [0.4, 0.5) is 10.5 Å². The zero-order valence-corrected chi connectivity index (χ0v) is 32.3. The number of cyclic esters (lactones) is 1. The predicted molar refractivity (Wildman–Crippen MR) is 206 cm³/mol. The van der Waals surface area contributed by atoms with Gasteiger partial charge in [0.25, 0.3) is 0 Å². The average Bonchev–Trinajstić information content (AvgIpc) is 3.86. The summed E-state index contributed by atoms with van der Waals surface area (Å²) >= 11 is 0. The van der Waals surface area contributed by atoms with Crippen LogP contribution in [-0.4, -0.2) is 119 Å². The highest BCUT2D eigenvalue weighted by Gasteiger charge is 2.46. The van der Waals surface area contributed by atoms with Gasteiger partial charge in [-0.3, -0.25) is 24.0 Å². The molecule has 0 aromatic heterocycles. The number of nitrogens with one attached hydrogen (secondary N) is 4.